The Morgan fingerprint density at radius 1 is 1.22 bits per heavy atom. The third-order valence-electron chi connectivity index (χ3n) is 5.70. The van der Waals surface area contributed by atoms with Crippen molar-refractivity contribution >= 4 is 35.5 Å². The monoisotopic (exact) mass is 455 g/mol. The number of fused-ring (bicyclic) bond motifs is 1. The lowest BCUT2D eigenvalue weighted by Gasteiger charge is -2.26. The maximum atomic E-state index is 12.9. The predicted octanol–water partition coefficient (Wildman–Crippen LogP) is 3.13. The Balaban J connectivity index is 1.62. The van der Waals surface area contributed by atoms with E-state index in [0.29, 0.717) is 50.2 Å². The van der Waals surface area contributed by atoms with Gasteiger partial charge in [0, 0.05) is 16.8 Å². The molecule has 3 rings (SSSR count). The van der Waals surface area contributed by atoms with E-state index in [2.05, 4.69) is 24.5 Å². The minimum Gasteiger partial charge on any atom is -0.351 e. The zero-order chi connectivity index (χ0) is 23.3. The fraction of sp³-hybridized carbons (Fsp3) is 0.417. The van der Waals surface area contributed by atoms with Crippen LogP contribution in [0.3, 0.4) is 0 Å². The van der Waals surface area contributed by atoms with E-state index in [1.54, 1.807) is 5.38 Å². The summed E-state index contributed by atoms with van der Waals surface area (Å²) in [5.74, 6) is -0.316. The molecule has 1 aliphatic rings. The van der Waals surface area contributed by atoms with Crippen LogP contribution in [0.1, 0.15) is 71.5 Å². The zero-order valence-corrected chi connectivity index (χ0v) is 19.5. The summed E-state index contributed by atoms with van der Waals surface area (Å²) in [6.07, 6.45) is 1.81. The van der Waals surface area contributed by atoms with Crippen LogP contribution < -0.4 is 10.6 Å². The minimum absolute atomic E-state index is 0.0835. The zero-order valence-electron chi connectivity index (χ0n) is 18.6. The first-order chi connectivity index (χ1) is 15.3. The van der Waals surface area contributed by atoms with Crippen molar-refractivity contribution < 1.29 is 19.2 Å². The van der Waals surface area contributed by atoms with Gasteiger partial charge in [0.25, 0.3) is 5.91 Å². The molecule has 1 unspecified atom stereocenters. The van der Waals surface area contributed by atoms with E-state index >= 15 is 0 Å². The van der Waals surface area contributed by atoms with Gasteiger partial charge < -0.3 is 10.2 Å². The summed E-state index contributed by atoms with van der Waals surface area (Å²) in [7, 11) is 0. The van der Waals surface area contributed by atoms with E-state index in [0.717, 1.165) is 16.0 Å². The number of nitrogens with one attached hydrogen (secondary N) is 2. The first kappa shape index (κ1) is 23.7. The van der Waals surface area contributed by atoms with Crippen molar-refractivity contribution in [2.24, 2.45) is 0 Å². The molecule has 2 N–H and O–H groups in total. The van der Waals surface area contributed by atoms with Gasteiger partial charge in [-0.05, 0) is 29.0 Å². The Bertz CT molecular complexity index is 997. The molecule has 32 heavy (non-hydrogen) atoms. The number of thiophene rings is 1. The van der Waals surface area contributed by atoms with Gasteiger partial charge >= 0.3 is 0 Å². The smallest absolute Gasteiger partial charge is 0.256 e. The molecule has 7 nitrogen and oxygen atoms in total. The molecule has 1 aromatic heterocycles. The standard InChI is InChI=1S/C24H29N3O4S/c1-4-5-20(23(30)26-14-28)27-12-18-19(24(27)31)13-32-21(18)11-25-22(29)10-16-6-8-17(9-7-16)15(2)3/h6-9,13-15,20H,4-5,10-12H2,1-3H3,(H,25,29)(H,26,28,30). The van der Waals surface area contributed by atoms with Crippen molar-refractivity contribution in [1.29, 1.82) is 0 Å². The van der Waals surface area contributed by atoms with E-state index < -0.39 is 11.9 Å². The highest BCUT2D eigenvalue weighted by atomic mass is 32.1. The number of imide groups is 1. The van der Waals surface area contributed by atoms with Gasteiger partial charge in [-0.25, -0.2) is 0 Å². The fourth-order valence-electron chi connectivity index (χ4n) is 3.88. The molecule has 1 aromatic carbocycles. The topological polar surface area (TPSA) is 95.6 Å². The van der Waals surface area contributed by atoms with Gasteiger partial charge in [-0.15, -0.1) is 11.3 Å². The second kappa shape index (κ2) is 10.5. The number of hydrogen-bond acceptors (Lipinski definition) is 5. The van der Waals surface area contributed by atoms with E-state index in [-0.39, 0.29) is 11.8 Å². The summed E-state index contributed by atoms with van der Waals surface area (Å²) in [6.45, 7) is 6.83. The van der Waals surface area contributed by atoms with Gasteiger partial charge in [-0.2, -0.15) is 0 Å². The van der Waals surface area contributed by atoms with E-state index in [9.17, 15) is 19.2 Å². The van der Waals surface area contributed by atoms with Gasteiger partial charge in [-0.1, -0.05) is 51.5 Å². The van der Waals surface area contributed by atoms with Crippen LogP contribution in [0.15, 0.2) is 29.6 Å². The first-order valence-corrected chi connectivity index (χ1v) is 11.7. The first-order valence-electron chi connectivity index (χ1n) is 10.8. The Morgan fingerprint density at radius 2 is 1.94 bits per heavy atom. The van der Waals surface area contributed by atoms with Crippen molar-refractivity contribution in [3.8, 4) is 0 Å². The van der Waals surface area contributed by atoms with E-state index in [4.69, 9.17) is 0 Å². The molecule has 4 amide bonds. The van der Waals surface area contributed by atoms with Crippen LogP contribution in [0.2, 0.25) is 0 Å². The normalized spacial score (nSPS) is 13.8. The molecule has 0 bridgehead atoms. The minimum atomic E-state index is -0.689. The second-order valence-electron chi connectivity index (χ2n) is 8.26. The highest BCUT2D eigenvalue weighted by Gasteiger charge is 2.37. The molecule has 1 atom stereocenters. The molecule has 0 fully saturated rings. The average molecular weight is 456 g/mol. The van der Waals surface area contributed by atoms with Crippen LogP contribution in [0.4, 0.5) is 0 Å². The summed E-state index contributed by atoms with van der Waals surface area (Å²) in [6, 6.07) is 7.37. The number of rotatable bonds is 10. The van der Waals surface area contributed by atoms with Crippen molar-refractivity contribution in [1.82, 2.24) is 15.5 Å². The van der Waals surface area contributed by atoms with Gasteiger partial charge in [0.15, 0.2) is 0 Å². The Kier molecular flexibility index (Phi) is 7.80. The number of carbonyl (C=O) groups is 4. The van der Waals surface area contributed by atoms with Crippen molar-refractivity contribution in [2.45, 2.75) is 65.1 Å². The van der Waals surface area contributed by atoms with E-state index in [1.165, 1.54) is 21.8 Å². The lowest BCUT2D eigenvalue weighted by molar-refractivity contribution is -0.129. The summed E-state index contributed by atoms with van der Waals surface area (Å²) < 4.78 is 0. The molecule has 0 spiro atoms. The Morgan fingerprint density at radius 3 is 2.56 bits per heavy atom. The molecule has 2 aromatic rings. The molecule has 2 heterocycles. The SMILES string of the molecule is CCCC(C(=O)NC=O)N1Cc2c(csc2CNC(=O)Cc2ccc(C(C)C)cc2)C1=O. The summed E-state index contributed by atoms with van der Waals surface area (Å²) in [5, 5.41) is 6.89. The van der Waals surface area contributed by atoms with Crippen LogP contribution in [-0.4, -0.2) is 35.1 Å². The summed E-state index contributed by atoms with van der Waals surface area (Å²) >= 11 is 1.44. The molecule has 170 valence electrons. The van der Waals surface area contributed by atoms with Crippen molar-refractivity contribution in [3.63, 3.8) is 0 Å². The molecule has 1 aliphatic heterocycles. The van der Waals surface area contributed by atoms with Gasteiger partial charge in [0.05, 0.1) is 18.5 Å². The van der Waals surface area contributed by atoms with E-state index in [1.807, 2.05) is 31.2 Å². The highest BCUT2D eigenvalue weighted by molar-refractivity contribution is 7.10. The quantitative estimate of drug-likeness (QED) is 0.538. The third kappa shape index (κ3) is 5.24. The van der Waals surface area contributed by atoms with Crippen LogP contribution in [0.25, 0.3) is 0 Å². The Labute approximate surface area is 192 Å². The fourth-order valence-corrected chi connectivity index (χ4v) is 4.85. The van der Waals surface area contributed by atoms with Crippen molar-refractivity contribution in [3.05, 3.63) is 56.8 Å². The Hall–Kier alpha value is -3.00. The largest absolute Gasteiger partial charge is 0.351 e. The molecule has 0 radical (unpaired) electrons. The average Bonchev–Trinajstić information content (AvgIpc) is 3.31. The number of carbonyl (C=O) groups excluding carboxylic acids is 4. The van der Waals surface area contributed by atoms with Gasteiger partial charge in [0.1, 0.15) is 6.04 Å². The molecular formula is C24H29N3O4S. The summed E-state index contributed by atoms with van der Waals surface area (Å²) in [4.78, 5) is 50.7. The lowest BCUT2D eigenvalue weighted by Crippen LogP contribution is -2.46. The molecule has 8 heteroatoms. The number of hydrogen-bond donors (Lipinski definition) is 2. The van der Waals surface area contributed by atoms with Crippen LogP contribution in [0, 0.1) is 0 Å². The predicted molar refractivity (Wildman–Crippen MR) is 123 cm³/mol. The van der Waals surface area contributed by atoms with Crippen molar-refractivity contribution in [2.75, 3.05) is 0 Å². The molecular weight excluding hydrogens is 426 g/mol. The lowest BCUT2D eigenvalue weighted by atomic mass is 10.0. The molecule has 0 saturated carbocycles. The van der Waals surface area contributed by atoms with Crippen LogP contribution >= 0.6 is 11.3 Å². The third-order valence-corrected chi connectivity index (χ3v) is 6.73. The van der Waals surface area contributed by atoms with Gasteiger partial charge in [0.2, 0.25) is 18.2 Å². The second-order valence-corrected chi connectivity index (χ2v) is 9.23. The highest BCUT2D eigenvalue weighted by Crippen LogP contribution is 2.33. The number of amides is 4. The number of nitrogens with zero attached hydrogens (tertiary/aromatic N) is 1. The molecule has 0 saturated heterocycles. The maximum absolute atomic E-state index is 12.9. The maximum Gasteiger partial charge on any atom is 0.256 e. The number of benzene rings is 1. The van der Waals surface area contributed by atoms with Gasteiger partial charge in [-0.3, -0.25) is 24.5 Å². The van der Waals surface area contributed by atoms with Crippen LogP contribution in [0.5, 0.6) is 0 Å². The molecule has 0 aliphatic carbocycles. The summed E-state index contributed by atoms with van der Waals surface area (Å²) in [5.41, 5.74) is 3.61. The van der Waals surface area contributed by atoms with Crippen LogP contribution in [-0.2, 0) is 33.9 Å².